The lowest BCUT2D eigenvalue weighted by atomic mass is 10.2. The molecule has 1 aromatic heterocycles. The van der Waals surface area contributed by atoms with Gasteiger partial charge in [0.15, 0.2) is 11.5 Å². The number of benzene rings is 2. The number of aromatic nitrogens is 2. The maximum Gasteiger partial charge on any atom is 0.223 e. The number of hydrogen-bond acceptors (Lipinski definition) is 4. The summed E-state index contributed by atoms with van der Waals surface area (Å²) in [6, 6.07) is 14.2. The van der Waals surface area contributed by atoms with Crippen molar-refractivity contribution in [1.82, 2.24) is 14.9 Å². The van der Waals surface area contributed by atoms with Crippen molar-refractivity contribution in [2.45, 2.75) is 45.6 Å². The Bertz CT molecular complexity index is 1110. The number of ether oxygens (including phenoxy) is 2. The predicted octanol–water partition coefficient (Wildman–Crippen LogP) is 5.01. The lowest BCUT2D eigenvalue weighted by molar-refractivity contribution is -0.122. The number of carbonyl (C=O) groups excluding carboxylic acids is 1. The number of nitrogens with zero attached hydrogens (tertiary/aromatic N) is 2. The molecule has 1 fully saturated rings. The van der Waals surface area contributed by atoms with Gasteiger partial charge in [-0.25, -0.2) is 4.98 Å². The van der Waals surface area contributed by atoms with Crippen molar-refractivity contribution in [3.63, 3.8) is 0 Å². The Hall–Kier alpha value is -3.28. The molecule has 3 aromatic rings. The molecular formula is C27H33N3O3. The second-order valence-electron chi connectivity index (χ2n) is 8.45. The smallest absolute Gasteiger partial charge is 0.223 e. The SMILES string of the molecule is C/C=C/c1ccc(OCCCn2c(CCCNC(=O)C3CC3)nc3ccccc32)c(OC)c1. The molecule has 1 saturated carbocycles. The normalized spacial score (nSPS) is 13.5. The quantitative estimate of drug-likeness (QED) is 0.397. The van der Waals surface area contributed by atoms with Gasteiger partial charge >= 0.3 is 0 Å². The number of hydrogen-bond donors (Lipinski definition) is 1. The monoisotopic (exact) mass is 447 g/mol. The molecule has 174 valence electrons. The summed E-state index contributed by atoms with van der Waals surface area (Å²) in [5.41, 5.74) is 3.24. The van der Waals surface area contributed by atoms with Crippen LogP contribution in [-0.4, -0.2) is 35.7 Å². The Morgan fingerprint density at radius 2 is 2.03 bits per heavy atom. The van der Waals surface area contributed by atoms with Crippen LogP contribution < -0.4 is 14.8 Å². The summed E-state index contributed by atoms with van der Waals surface area (Å²) in [6.07, 6.45) is 8.68. The van der Waals surface area contributed by atoms with Gasteiger partial charge in [0.2, 0.25) is 5.91 Å². The molecular weight excluding hydrogens is 414 g/mol. The predicted molar refractivity (Wildman–Crippen MR) is 132 cm³/mol. The first-order chi connectivity index (χ1) is 16.2. The van der Waals surface area contributed by atoms with E-state index in [1.54, 1.807) is 7.11 Å². The minimum Gasteiger partial charge on any atom is -0.493 e. The fourth-order valence-corrected chi connectivity index (χ4v) is 4.02. The van der Waals surface area contributed by atoms with E-state index in [-0.39, 0.29) is 11.8 Å². The van der Waals surface area contributed by atoms with Crippen LogP contribution in [0.15, 0.2) is 48.5 Å². The first-order valence-corrected chi connectivity index (χ1v) is 11.8. The van der Waals surface area contributed by atoms with Crippen LogP contribution in [0.4, 0.5) is 0 Å². The van der Waals surface area contributed by atoms with Gasteiger partial charge in [-0.3, -0.25) is 4.79 Å². The Kier molecular flexibility index (Phi) is 7.66. The molecule has 1 aliphatic rings. The minimum absolute atomic E-state index is 0.204. The van der Waals surface area contributed by atoms with E-state index in [2.05, 4.69) is 22.0 Å². The number of nitrogens with one attached hydrogen (secondary N) is 1. The van der Waals surface area contributed by atoms with Gasteiger partial charge in [0.05, 0.1) is 24.8 Å². The largest absolute Gasteiger partial charge is 0.493 e. The van der Waals surface area contributed by atoms with E-state index in [0.717, 1.165) is 72.6 Å². The average Bonchev–Trinajstić information content (AvgIpc) is 3.63. The maximum atomic E-state index is 11.9. The number of methoxy groups -OCH3 is 1. The van der Waals surface area contributed by atoms with E-state index in [9.17, 15) is 4.79 Å². The van der Waals surface area contributed by atoms with Crippen LogP contribution >= 0.6 is 0 Å². The first-order valence-electron chi connectivity index (χ1n) is 11.8. The van der Waals surface area contributed by atoms with Crippen LogP contribution in [0, 0.1) is 5.92 Å². The third-order valence-electron chi connectivity index (χ3n) is 5.89. The number of aryl methyl sites for hydroxylation is 2. The van der Waals surface area contributed by atoms with Crippen LogP contribution in [0.25, 0.3) is 17.1 Å². The van der Waals surface area contributed by atoms with Crippen molar-refractivity contribution >= 4 is 23.0 Å². The second-order valence-corrected chi connectivity index (χ2v) is 8.45. The molecule has 1 N–H and O–H groups in total. The molecule has 2 aromatic carbocycles. The summed E-state index contributed by atoms with van der Waals surface area (Å²) in [7, 11) is 1.67. The summed E-state index contributed by atoms with van der Waals surface area (Å²) in [5.74, 6) is 3.02. The van der Waals surface area contributed by atoms with Crippen molar-refractivity contribution in [2.24, 2.45) is 5.92 Å². The van der Waals surface area contributed by atoms with Crippen LogP contribution in [0.3, 0.4) is 0 Å². The molecule has 0 unspecified atom stereocenters. The number of para-hydroxylation sites is 2. The van der Waals surface area contributed by atoms with Crippen LogP contribution in [0.2, 0.25) is 0 Å². The van der Waals surface area contributed by atoms with E-state index in [4.69, 9.17) is 14.5 Å². The van der Waals surface area contributed by atoms with Gasteiger partial charge < -0.3 is 19.4 Å². The topological polar surface area (TPSA) is 65.4 Å². The zero-order chi connectivity index (χ0) is 23.0. The van der Waals surface area contributed by atoms with Gasteiger partial charge in [0.1, 0.15) is 5.82 Å². The summed E-state index contributed by atoms with van der Waals surface area (Å²) >= 11 is 0. The van der Waals surface area contributed by atoms with Gasteiger partial charge in [-0.1, -0.05) is 30.4 Å². The number of amides is 1. The van der Waals surface area contributed by atoms with Crippen LogP contribution in [0.1, 0.15) is 44.0 Å². The van der Waals surface area contributed by atoms with Crippen molar-refractivity contribution in [2.75, 3.05) is 20.3 Å². The van der Waals surface area contributed by atoms with Crippen molar-refractivity contribution < 1.29 is 14.3 Å². The highest BCUT2D eigenvalue weighted by atomic mass is 16.5. The molecule has 1 heterocycles. The summed E-state index contributed by atoms with van der Waals surface area (Å²) < 4.78 is 13.8. The van der Waals surface area contributed by atoms with E-state index in [1.807, 2.05) is 49.4 Å². The molecule has 0 bridgehead atoms. The lowest BCUT2D eigenvalue weighted by Gasteiger charge is -2.13. The number of fused-ring (bicyclic) bond motifs is 1. The van der Waals surface area contributed by atoms with Crippen molar-refractivity contribution in [3.8, 4) is 11.5 Å². The van der Waals surface area contributed by atoms with E-state index in [0.29, 0.717) is 13.2 Å². The molecule has 0 aliphatic heterocycles. The summed E-state index contributed by atoms with van der Waals surface area (Å²) in [6.45, 7) is 4.10. The fraction of sp³-hybridized carbons (Fsp3) is 0.407. The standard InChI is InChI=1S/C27H33N3O3/c1-3-8-20-12-15-24(25(19-20)32-2)33-18-7-17-30-23-10-5-4-9-22(23)29-26(30)11-6-16-28-27(31)21-13-14-21/h3-5,8-10,12,15,19,21H,6-7,11,13-14,16-18H2,1-2H3,(H,28,31)/b8-3+. The van der Waals surface area contributed by atoms with Crippen LogP contribution in [-0.2, 0) is 17.8 Å². The molecule has 33 heavy (non-hydrogen) atoms. The fourth-order valence-electron chi connectivity index (χ4n) is 4.02. The van der Waals surface area contributed by atoms with Crippen molar-refractivity contribution in [1.29, 1.82) is 0 Å². The Labute approximate surface area is 195 Å². The average molecular weight is 448 g/mol. The lowest BCUT2D eigenvalue weighted by Crippen LogP contribution is -2.26. The first kappa shape index (κ1) is 22.9. The number of allylic oxidation sites excluding steroid dienone is 1. The summed E-state index contributed by atoms with van der Waals surface area (Å²) in [4.78, 5) is 16.7. The van der Waals surface area contributed by atoms with Gasteiger partial charge in [-0.2, -0.15) is 0 Å². The zero-order valence-corrected chi connectivity index (χ0v) is 19.5. The molecule has 0 atom stereocenters. The molecule has 4 rings (SSSR count). The Morgan fingerprint density at radius 3 is 2.82 bits per heavy atom. The number of carbonyl (C=O) groups is 1. The molecule has 6 heteroatoms. The highest BCUT2D eigenvalue weighted by molar-refractivity contribution is 5.80. The van der Waals surface area contributed by atoms with Gasteiger partial charge in [-0.15, -0.1) is 0 Å². The Balaban J connectivity index is 1.34. The molecule has 1 amide bonds. The molecule has 0 spiro atoms. The highest BCUT2D eigenvalue weighted by Gasteiger charge is 2.29. The van der Waals surface area contributed by atoms with E-state index < -0.39 is 0 Å². The second kappa shape index (κ2) is 11.0. The summed E-state index contributed by atoms with van der Waals surface area (Å²) in [5, 5.41) is 3.05. The molecule has 0 saturated heterocycles. The molecule has 1 aliphatic carbocycles. The molecule has 6 nitrogen and oxygen atoms in total. The van der Waals surface area contributed by atoms with E-state index >= 15 is 0 Å². The minimum atomic E-state index is 0.204. The van der Waals surface area contributed by atoms with Crippen molar-refractivity contribution in [3.05, 3.63) is 59.9 Å². The Morgan fingerprint density at radius 1 is 1.18 bits per heavy atom. The molecule has 0 radical (unpaired) electrons. The third kappa shape index (κ3) is 5.95. The van der Waals surface area contributed by atoms with Gasteiger partial charge in [-0.05, 0) is 62.4 Å². The maximum absolute atomic E-state index is 11.9. The third-order valence-corrected chi connectivity index (χ3v) is 5.89. The number of imidazole rings is 1. The van der Waals surface area contributed by atoms with E-state index in [1.165, 1.54) is 0 Å². The van der Waals surface area contributed by atoms with Crippen LogP contribution in [0.5, 0.6) is 11.5 Å². The zero-order valence-electron chi connectivity index (χ0n) is 19.5. The number of rotatable bonds is 12. The van der Waals surface area contributed by atoms with Gasteiger partial charge in [0.25, 0.3) is 0 Å². The van der Waals surface area contributed by atoms with Gasteiger partial charge in [0, 0.05) is 25.4 Å². The highest BCUT2D eigenvalue weighted by Crippen LogP contribution is 2.29.